The van der Waals surface area contributed by atoms with E-state index in [9.17, 15) is 9.90 Å². The number of hydrogen-bond acceptors (Lipinski definition) is 3. The Kier molecular flexibility index (Phi) is 4.43. The molecule has 2 atom stereocenters. The van der Waals surface area contributed by atoms with E-state index in [1.807, 2.05) is 31.2 Å². The standard InChI is InChI=1S/C15H21NO3/c1-3-19-13-7-4-6-12(10-13)11(2)16-9-5-8-14(16)15(17)18/h4,6-7,10-11,14H,3,5,8-9H2,1-2H3,(H,17,18). The average molecular weight is 263 g/mol. The quantitative estimate of drug-likeness (QED) is 0.887. The van der Waals surface area contributed by atoms with Crippen molar-refractivity contribution in [2.45, 2.75) is 38.8 Å². The van der Waals surface area contributed by atoms with E-state index >= 15 is 0 Å². The summed E-state index contributed by atoms with van der Waals surface area (Å²) in [5, 5.41) is 9.25. The van der Waals surface area contributed by atoms with Gasteiger partial charge in [0.1, 0.15) is 11.8 Å². The van der Waals surface area contributed by atoms with Gasteiger partial charge in [-0.15, -0.1) is 0 Å². The van der Waals surface area contributed by atoms with Crippen molar-refractivity contribution < 1.29 is 14.6 Å². The van der Waals surface area contributed by atoms with Crippen LogP contribution in [0.15, 0.2) is 24.3 Å². The first-order valence-corrected chi connectivity index (χ1v) is 6.84. The number of aliphatic carboxylic acids is 1. The summed E-state index contributed by atoms with van der Waals surface area (Å²) >= 11 is 0. The van der Waals surface area contributed by atoms with E-state index < -0.39 is 5.97 Å². The number of hydrogen-bond donors (Lipinski definition) is 1. The fourth-order valence-electron chi connectivity index (χ4n) is 2.74. The molecule has 19 heavy (non-hydrogen) atoms. The molecule has 0 saturated carbocycles. The van der Waals surface area contributed by atoms with Crippen LogP contribution in [0.25, 0.3) is 0 Å². The molecular formula is C15H21NO3. The van der Waals surface area contributed by atoms with Crippen LogP contribution in [0, 0.1) is 0 Å². The van der Waals surface area contributed by atoms with Gasteiger partial charge in [0.2, 0.25) is 0 Å². The fraction of sp³-hybridized carbons (Fsp3) is 0.533. The van der Waals surface area contributed by atoms with E-state index in [-0.39, 0.29) is 12.1 Å². The van der Waals surface area contributed by atoms with Crippen LogP contribution in [0.5, 0.6) is 5.75 Å². The molecule has 4 nitrogen and oxygen atoms in total. The van der Waals surface area contributed by atoms with Gasteiger partial charge in [0, 0.05) is 6.04 Å². The molecule has 1 N–H and O–H groups in total. The van der Waals surface area contributed by atoms with Gasteiger partial charge < -0.3 is 9.84 Å². The fourth-order valence-corrected chi connectivity index (χ4v) is 2.74. The number of benzene rings is 1. The summed E-state index contributed by atoms with van der Waals surface area (Å²) in [4.78, 5) is 13.3. The number of carboxylic acid groups (broad SMARTS) is 1. The molecule has 2 rings (SSSR count). The maximum absolute atomic E-state index is 11.3. The minimum absolute atomic E-state index is 0.101. The number of carbonyl (C=O) groups is 1. The molecule has 1 aromatic carbocycles. The van der Waals surface area contributed by atoms with Gasteiger partial charge in [-0.05, 0) is 50.9 Å². The Labute approximate surface area is 114 Å². The third kappa shape index (κ3) is 3.07. The molecule has 0 radical (unpaired) electrons. The van der Waals surface area contributed by atoms with E-state index in [0.717, 1.165) is 30.7 Å². The van der Waals surface area contributed by atoms with Gasteiger partial charge in [-0.1, -0.05) is 12.1 Å². The third-order valence-corrected chi connectivity index (χ3v) is 3.73. The molecule has 4 heteroatoms. The van der Waals surface area contributed by atoms with Crippen LogP contribution in [0.1, 0.15) is 38.3 Å². The van der Waals surface area contributed by atoms with Crippen molar-refractivity contribution in [1.82, 2.24) is 4.90 Å². The molecule has 1 aromatic rings. The summed E-state index contributed by atoms with van der Waals surface area (Å²) in [5.41, 5.74) is 1.11. The number of ether oxygens (including phenoxy) is 1. The molecule has 0 amide bonds. The number of nitrogens with zero attached hydrogens (tertiary/aromatic N) is 1. The van der Waals surface area contributed by atoms with Gasteiger partial charge >= 0.3 is 5.97 Å². The van der Waals surface area contributed by atoms with Gasteiger partial charge in [0.25, 0.3) is 0 Å². The Morgan fingerprint density at radius 2 is 2.37 bits per heavy atom. The highest BCUT2D eigenvalue weighted by Gasteiger charge is 2.34. The van der Waals surface area contributed by atoms with E-state index in [4.69, 9.17) is 4.74 Å². The van der Waals surface area contributed by atoms with Crippen LogP contribution in [-0.2, 0) is 4.79 Å². The van der Waals surface area contributed by atoms with E-state index in [0.29, 0.717) is 6.61 Å². The van der Waals surface area contributed by atoms with Crippen molar-refractivity contribution in [2.24, 2.45) is 0 Å². The third-order valence-electron chi connectivity index (χ3n) is 3.73. The molecule has 1 saturated heterocycles. The minimum Gasteiger partial charge on any atom is -0.494 e. The lowest BCUT2D eigenvalue weighted by Gasteiger charge is -2.28. The Morgan fingerprint density at radius 1 is 1.58 bits per heavy atom. The Bertz CT molecular complexity index is 447. The highest BCUT2D eigenvalue weighted by molar-refractivity contribution is 5.73. The van der Waals surface area contributed by atoms with Crippen molar-refractivity contribution >= 4 is 5.97 Å². The van der Waals surface area contributed by atoms with Gasteiger partial charge in [0.15, 0.2) is 0 Å². The molecular weight excluding hydrogens is 242 g/mol. The maximum atomic E-state index is 11.3. The first-order valence-electron chi connectivity index (χ1n) is 6.84. The number of carboxylic acids is 1. The van der Waals surface area contributed by atoms with Crippen molar-refractivity contribution in [3.63, 3.8) is 0 Å². The van der Waals surface area contributed by atoms with Crippen molar-refractivity contribution in [3.8, 4) is 5.75 Å². The predicted octanol–water partition coefficient (Wildman–Crippen LogP) is 2.70. The van der Waals surface area contributed by atoms with Gasteiger partial charge in [0.05, 0.1) is 6.61 Å². The molecule has 1 aliphatic heterocycles. The largest absolute Gasteiger partial charge is 0.494 e. The SMILES string of the molecule is CCOc1cccc(C(C)N2CCCC2C(=O)O)c1. The van der Waals surface area contributed by atoms with Crippen molar-refractivity contribution in [2.75, 3.05) is 13.2 Å². The first kappa shape index (κ1) is 13.9. The summed E-state index contributed by atoms with van der Waals surface area (Å²) in [5.74, 6) is 0.128. The maximum Gasteiger partial charge on any atom is 0.320 e. The second-order valence-electron chi connectivity index (χ2n) is 4.92. The van der Waals surface area contributed by atoms with Crippen LogP contribution in [0.4, 0.5) is 0 Å². The second kappa shape index (κ2) is 6.06. The smallest absolute Gasteiger partial charge is 0.320 e. The topological polar surface area (TPSA) is 49.8 Å². The molecule has 1 aliphatic rings. The second-order valence-corrected chi connectivity index (χ2v) is 4.92. The van der Waals surface area contributed by atoms with E-state index in [2.05, 4.69) is 11.8 Å². The summed E-state index contributed by atoms with van der Waals surface area (Å²) in [7, 11) is 0. The lowest BCUT2D eigenvalue weighted by Crippen LogP contribution is -2.37. The number of likely N-dealkylation sites (tertiary alicyclic amines) is 1. The van der Waals surface area contributed by atoms with Crippen LogP contribution in [0.2, 0.25) is 0 Å². The van der Waals surface area contributed by atoms with Crippen LogP contribution in [0.3, 0.4) is 0 Å². The number of rotatable bonds is 5. The summed E-state index contributed by atoms with van der Waals surface area (Å²) in [6.45, 7) is 5.50. The Balaban J connectivity index is 2.16. The predicted molar refractivity (Wildman–Crippen MR) is 73.4 cm³/mol. The van der Waals surface area contributed by atoms with Crippen LogP contribution in [-0.4, -0.2) is 35.2 Å². The molecule has 104 valence electrons. The molecule has 1 fully saturated rings. The molecule has 0 bridgehead atoms. The molecule has 0 spiro atoms. The zero-order valence-electron chi connectivity index (χ0n) is 11.5. The Hall–Kier alpha value is -1.55. The van der Waals surface area contributed by atoms with Crippen LogP contribution < -0.4 is 4.74 Å². The van der Waals surface area contributed by atoms with Crippen LogP contribution >= 0.6 is 0 Å². The van der Waals surface area contributed by atoms with Gasteiger partial charge in [-0.25, -0.2) is 0 Å². The lowest BCUT2D eigenvalue weighted by molar-refractivity contribution is -0.142. The first-order chi connectivity index (χ1) is 9.13. The molecule has 0 aliphatic carbocycles. The molecule has 1 heterocycles. The molecule has 0 aromatic heterocycles. The van der Waals surface area contributed by atoms with E-state index in [1.165, 1.54) is 0 Å². The normalized spacial score (nSPS) is 21.3. The highest BCUT2D eigenvalue weighted by atomic mass is 16.5. The van der Waals surface area contributed by atoms with E-state index in [1.54, 1.807) is 0 Å². The highest BCUT2D eigenvalue weighted by Crippen LogP contribution is 2.30. The molecule has 2 unspecified atom stereocenters. The summed E-state index contributed by atoms with van der Waals surface area (Å²) in [6.07, 6.45) is 1.69. The zero-order chi connectivity index (χ0) is 13.8. The zero-order valence-corrected chi connectivity index (χ0v) is 11.5. The van der Waals surface area contributed by atoms with Crippen molar-refractivity contribution in [1.29, 1.82) is 0 Å². The lowest BCUT2D eigenvalue weighted by atomic mass is 10.1. The Morgan fingerprint density at radius 3 is 3.05 bits per heavy atom. The monoisotopic (exact) mass is 263 g/mol. The summed E-state index contributed by atoms with van der Waals surface area (Å²) < 4.78 is 5.50. The van der Waals surface area contributed by atoms with Gasteiger partial charge in [-0.2, -0.15) is 0 Å². The van der Waals surface area contributed by atoms with Crippen molar-refractivity contribution in [3.05, 3.63) is 29.8 Å². The minimum atomic E-state index is -0.717. The van der Waals surface area contributed by atoms with Gasteiger partial charge in [-0.3, -0.25) is 9.69 Å². The summed E-state index contributed by atoms with van der Waals surface area (Å²) in [6, 6.07) is 7.67. The average Bonchev–Trinajstić information content (AvgIpc) is 2.88.